The van der Waals surface area contributed by atoms with Crippen LogP contribution in [0.1, 0.15) is 75.3 Å². The standard InChI is InChI=1S/C60H70N8O5/c61-45-23-25-49-51(37-45)59(41-15-5-1-6-16-41)67-53-39-47(63)35-43(57(49)53)19-9-3-11-21-55(69)65-27-13-29-71-31-33-73-34-32-72-30-14-28-66-56(70)22-12-4-10-20-44-36-48(64)40-54-58(44)50-26-24-46(62)38-52(50)60(68-54)42-17-7-2-8-18-42/h1-2,5-8,15-18,23-26,35-40H,3-4,9-14,19-22,27-34,61-64H2,(H,65,69)(H,66,70). The summed E-state index contributed by atoms with van der Waals surface area (Å²) in [5, 5.41) is 12.5. The number of hydrogen-bond acceptors (Lipinski definition) is 11. The van der Waals surface area contributed by atoms with Gasteiger partial charge in [-0.2, -0.15) is 0 Å². The molecule has 0 bridgehead atoms. The van der Waals surface area contributed by atoms with Gasteiger partial charge in [-0.1, -0.05) is 85.6 Å². The summed E-state index contributed by atoms with van der Waals surface area (Å²) in [7, 11) is 0. The highest BCUT2D eigenvalue weighted by atomic mass is 16.5. The Kier molecular flexibility index (Phi) is 18.8. The Morgan fingerprint density at radius 3 is 1.25 bits per heavy atom. The lowest BCUT2D eigenvalue weighted by Crippen LogP contribution is -2.25. The van der Waals surface area contributed by atoms with Crippen molar-refractivity contribution in [3.05, 3.63) is 132 Å². The van der Waals surface area contributed by atoms with E-state index in [1.165, 1.54) is 0 Å². The largest absolute Gasteiger partial charge is 0.399 e. The Morgan fingerprint density at radius 1 is 0.411 bits per heavy atom. The topological polar surface area (TPSA) is 216 Å². The van der Waals surface area contributed by atoms with Crippen LogP contribution in [0.5, 0.6) is 0 Å². The number of nitrogens with zero attached hydrogens (tertiary/aromatic N) is 2. The van der Waals surface area contributed by atoms with Gasteiger partial charge >= 0.3 is 0 Å². The number of nitrogens with two attached hydrogens (primary N) is 4. The fourth-order valence-electron chi connectivity index (χ4n) is 9.64. The van der Waals surface area contributed by atoms with Crippen LogP contribution in [-0.2, 0) is 36.6 Å². The van der Waals surface area contributed by atoms with E-state index < -0.39 is 0 Å². The molecule has 2 heterocycles. The van der Waals surface area contributed by atoms with E-state index in [-0.39, 0.29) is 11.8 Å². The number of hydrogen-bond donors (Lipinski definition) is 6. The Balaban J connectivity index is 0.618. The highest BCUT2D eigenvalue weighted by molar-refractivity contribution is 6.14. The molecule has 73 heavy (non-hydrogen) atoms. The Bertz CT molecular complexity index is 2910. The molecule has 0 aliphatic carbocycles. The molecule has 380 valence electrons. The van der Waals surface area contributed by atoms with E-state index >= 15 is 0 Å². The van der Waals surface area contributed by atoms with Crippen LogP contribution in [-0.4, -0.2) is 74.5 Å². The average Bonchev–Trinajstić information content (AvgIpc) is 3.39. The third-order valence-corrected chi connectivity index (χ3v) is 13.2. The second-order valence-electron chi connectivity index (χ2n) is 18.8. The smallest absolute Gasteiger partial charge is 0.219 e. The van der Waals surface area contributed by atoms with Crippen LogP contribution in [0.2, 0.25) is 0 Å². The van der Waals surface area contributed by atoms with E-state index in [0.717, 1.165) is 141 Å². The van der Waals surface area contributed by atoms with Gasteiger partial charge in [0, 0.05) is 94.6 Å². The molecule has 0 aliphatic heterocycles. The van der Waals surface area contributed by atoms with Gasteiger partial charge in [-0.05, 0) is 122 Å². The first-order valence-corrected chi connectivity index (χ1v) is 25.9. The molecule has 8 aromatic rings. The lowest BCUT2D eigenvalue weighted by molar-refractivity contribution is -0.122. The minimum Gasteiger partial charge on any atom is -0.399 e. The number of nitrogen functional groups attached to an aromatic ring is 4. The Labute approximate surface area is 428 Å². The number of nitrogens with one attached hydrogen (secondary N) is 2. The van der Waals surface area contributed by atoms with Crippen molar-refractivity contribution < 1.29 is 23.8 Å². The van der Waals surface area contributed by atoms with Crippen molar-refractivity contribution in [3.63, 3.8) is 0 Å². The Hall–Kier alpha value is -7.32. The SMILES string of the molecule is Nc1cc(CCCCCC(=O)NCCCOCCOCCOCCCNC(=O)CCCCCc2cc(N)cc3nc(-c4ccccc4)c4cc(N)ccc4c23)c2c(c1)nc(-c1ccccc1)c1cc(N)ccc12. The third kappa shape index (κ3) is 14.4. The normalized spacial score (nSPS) is 11.5. The van der Waals surface area contributed by atoms with Gasteiger partial charge in [0.25, 0.3) is 0 Å². The molecule has 0 atom stereocenters. The molecule has 13 heteroatoms. The molecule has 0 aliphatic rings. The van der Waals surface area contributed by atoms with Crippen molar-refractivity contribution in [3.8, 4) is 22.5 Å². The second-order valence-corrected chi connectivity index (χ2v) is 18.8. The summed E-state index contributed by atoms with van der Waals surface area (Å²) in [6.45, 7) is 4.16. The minimum absolute atomic E-state index is 0.0610. The molecule has 8 rings (SSSR count). The van der Waals surface area contributed by atoms with Gasteiger partial charge < -0.3 is 47.8 Å². The molecule has 0 spiro atoms. The number of carbonyl (C=O) groups excluding carboxylic acids is 2. The number of rotatable bonds is 28. The highest BCUT2D eigenvalue weighted by Crippen LogP contribution is 2.38. The van der Waals surface area contributed by atoms with E-state index in [1.54, 1.807) is 0 Å². The maximum absolute atomic E-state index is 12.5. The van der Waals surface area contributed by atoms with E-state index in [1.807, 2.05) is 72.8 Å². The number of unbranched alkanes of at least 4 members (excludes halogenated alkanes) is 4. The quantitative estimate of drug-likeness (QED) is 0.0154. The van der Waals surface area contributed by atoms with Gasteiger partial charge in [-0.15, -0.1) is 0 Å². The number of anilines is 4. The van der Waals surface area contributed by atoms with Crippen molar-refractivity contribution in [2.75, 3.05) is 75.7 Å². The van der Waals surface area contributed by atoms with Gasteiger partial charge in [0.05, 0.1) is 48.8 Å². The van der Waals surface area contributed by atoms with E-state index in [9.17, 15) is 9.59 Å². The number of benzene rings is 6. The van der Waals surface area contributed by atoms with Gasteiger partial charge in [-0.3, -0.25) is 9.59 Å². The molecule has 10 N–H and O–H groups in total. The van der Waals surface area contributed by atoms with Crippen LogP contribution in [0.3, 0.4) is 0 Å². The van der Waals surface area contributed by atoms with Crippen LogP contribution < -0.4 is 33.6 Å². The predicted molar refractivity (Wildman–Crippen MR) is 299 cm³/mol. The van der Waals surface area contributed by atoms with Gasteiger partial charge in [0.1, 0.15) is 0 Å². The second kappa shape index (κ2) is 26.4. The van der Waals surface area contributed by atoms with Crippen molar-refractivity contribution >= 4 is 77.9 Å². The fraction of sp³-hybridized carbons (Fsp3) is 0.333. The monoisotopic (exact) mass is 983 g/mol. The van der Waals surface area contributed by atoms with Gasteiger partial charge in [0.2, 0.25) is 11.8 Å². The summed E-state index contributed by atoms with van der Waals surface area (Å²) in [5.74, 6) is 0.122. The summed E-state index contributed by atoms with van der Waals surface area (Å²) < 4.78 is 17.0. The first-order chi connectivity index (χ1) is 35.7. The Morgan fingerprint density at radius 2 is 0.822 bits per heavy atom. The average molecular weight is 983 g/mol. The molecule has 0 radical (unpaired) electrons. The first-order valence-electron chi connectivity index (χ1n) is 25.9. The molecular weight excluding hydrogens is 913 g/mol. The number of fused-ring (bicyclic) bond motifs is 6. The lowest BCUT2D eigenvalue weighted by Gasteiger charge is -2.15. The van der Waals surface area contributed by atoms with Crippen LogP contribution in [0, 0.1) is 0 Å². The molecule has 2 amide bonds. The first kappa shape index (κ1) is 52.0. The molecule has 6 aromatic carbocycles. The van der Waals surface area contributed by atoms with E-state index in [0.29, 0.717) is 88.3 Å². The summed E-state index contributed by atoms with van der Waals surface area (Å²) in [4.78, 5) is 35.2. The predicted octanol–water partition coefficient (Wildman–Crippen LogP) is 10.7. The highest BCUT2D eigenvalue weighted by Gasteiger charge is 2.17. The molecule has 0 saturated heterocycles. The van der Waals surface area contributed by atoms with Crippen molar-refractivity contribution in [2.24, 2.45) is 0 Å². The van der Waals surface area contributed by atoms with E-state index in [4.69, 9.17) is 47.1 Å². The molecule has 0 unspecified atom stereocenters. The number of ether oxygens (including phenoxy) is 3. The van der Waals surface area contributed by atoms with Crippen LogP contribution >= 0.6 is 0 Å². The van der Waals surface area contributed by atoms with Crippen LogP contribution in [0.15, 0.2) is 121 Å². The summed E-state index contributed by atoms with van der Waals surface area (Å²) in [5.41, 5.74) is 36.0. The summed E-state index contributed by atoms with van der Waals surface area (Å²) in [6, 6.07) is 40.4. The van der Waals surface area contributed by atoms with Crippen molar-refractivity contribution in [1.29, 1.82) is 0 Å². The maximum atomic E-state index is 12.5. The molecule has 2 aromatic heterocycles. The molecular formula is C60H70N8O5. The number of amides is 2. The summed E-state index contributed by atoms with van der Waals surface area (Å²) >= 11 is 0. The van der Waals surface area contributed by atoms with E-state index in [2.05, 4.69) is 59.2 Å². The molecule has 0 saturated carbocycles. The number of carbonyl (C=O) groups is 2. The zero-order chi connectivity index (χ0) is 50.8. The zero-order valence-electron chi connectivity index (χ0n) is 41.9. The van der Waals surface area contributed by atoms with Gasteiger partial charge in [-0.25, -0.2) is 9.97 Å². The zero-order valence-corrected chi connectivity index (χ0v) is 41.9. The minimum atomic E-state index is 0.0610. The number of aromatic nitrogens is 2. The maximum Gasteiger partial charge on any atom is 0.219 e. The van der Waals surface area contributed by atoms with Crippen molar-refractivity contribution in [2.45, 2.75) is 77.0 Å². The summed E-state index contributed by atoms with van der Waals surface area (Å²) in [6.07, 6.45) is 9.48. The molecule has 13 nitrogen and oxygen atoms in total. The number of aryl methyl sites for hydroxylation is 2. The van der Waals surface area contributed by atoms with Crippen LogP contribution in [0.25, 0.3) is 65.9 Å². The number of pyridine rings is 2. The fourth-order valence-corrected chi connectivity index (χ4v) is 9.64. The van der Waals surface area contributed by atoms with Crippen molar-refractivity contribution in [1.82, 2.24) is 20.6 Å². The van der Waals surface area contributed by atoms with Crippen LogP contribution in [0.4, 0.5) is 22.7 Å². The third-order valence-electron chi connectivity index (χ3n) is 13.2. The van der Waals surface area contributed by atoms with Gasteiger partial charge in [0.15, 0.2) is 0 Å². The molecule has 0 fully saturated rings. The lowest BCUT2D eigenvalue weighted by atomic mass is 9.94.